The number of nitrogens with one attached hydrogen (secondary N) is 1. The van der Waals surface area contributed by atoms with Crippen LogP contribution in [-0.2, 0) is 0 Å². The van der Waals surface area contributed by atoms with Crippen LogP contribution in [0, 0.1) is 6.92 Å². The van der Waals surface area contributed by atoms with Crippen molar-refractivity contribution in [2.45, 2.75) is 25.2 Å². The molecule has 3 rings (SSSR count). The second kappa shape index (κ2) is 4.27. The normalized spacial score (nSPS) is 23.9. The van der Waals surface area contributed by atoms with Gasteiger partial charge in [0, 0.05) is 5.39 Å². The summed E-state index contributed by atoms with van der Waals surface area (Å²) < 4.78 is 28.5. The first-order valence-corrected chi connectivity index (χ1v) is 6.47. The van der Waals surface area contributed by atoms with Crippen LogP contribution in [0.25, 0.3) is 10.9 Å². The molecule has 0 amide bonds. The summed E-state index contributed by atoms with van der Waals surface area (Å²) in [6.45, 7) is 2.44. The molecule has 1 saturated heterocycles. The highest BCUT2D eigenvalue weighted by molar-refractivity contribution is 5.79. The maximum absolute atomic E-state index is 14.2. The highest BCUT2D eigenvalue weighted by Crippen LogP contribution is 2.41. The van der Waals surface area contributed by atoms with Gasteiger partial charge in [0.25, 0.3) is 5.92 Å². The lowest BCUT2D eigenvalue weighted by atomic mass is 9.83. The number of halogens is 2. The lowest BCUT2D eigenvalue weighted by Gasteiger charge is -2.37. The van der Waals surface area contributed by atoms with Crippen LogP contribution in [0.15, 0.2) is 18.3 Å². The number of aromatic nitrogens is 2. The number of alkyl halides is 2. The Morgan fingerprint density at radius 2 is 2.21 bits per heavy atom. The molecule has 1 aliphatic rings. The van der Waals surface area contributed by atoms with Crippen molar-refractivity contribution in [2.75, 3.05) is 20.1 Å². The first-order chi connectivity index (χ1) is 8.97. The van der Waals surface area contributed by atoms with E-state index in [1.807, 2.05) is 19.1 Å². The molecule has 2 aromatic rings. The molecule has 1 unspecified atom stereocenters. The third-order valence-corrected chi connectivity index (χ3v) is 3.99. The molecule has 1 aromatic heterocycles. The van der Waals surface area contributed by atoms with Gasteiger partial charge in [0.1, 0.15) is 0 Å². The average Bonchev–Trinajstić information content (AvgIpc) is 2.74. The Morgan fingerprint density at radius 3 is 2.95 bits per heavy atom. The third kappa shape index (κ3) is 2.12. The molecule has 1 aliphatic heterocycles. The molecule has 1 N–H and O–H groups in total. The van der Waals surface area contributed by atoms with Gasteiger partial charge in [-0.05, 0) is 50.2 Å². The molecule has 0 aliphatic carbocycles. The third-order valence-electron chi connectivity index (χ3n) is 3.99. The van der Waals surface area contributed by atoms with Gasteiger partial charge in [-0.3, -0.25) is 5.10 Å². The summed E-state index contributed by atoms with van der Waals surface area (Å²) in [5.41, 5.74) is 2.49. The topological polar surface area (TPSA) is 31.9 Å². The summed E-state index contributed by atoms with van der Waals surface area (Å²) in [7, 11) is 1.75. The highest BCUT2D eigenvalue weighted by Gasteiger charge is 2.44. The molecule has 5 heteroatoms. The van der Waals surface area contributed by atoms with Crippen LogP contribution in [-0.4, -0.2) is 41.2 Å². The number of aryl methyl sites for hydroxylation is 1. The zero-order chi connectivity index (χ0) is 13.6. The van der Waals surface area contributed by atoms with Crippen LogP contribution < -0.4 is 0 Å². The van der Waals surface area contributed by atoms with Crippen molar-refractivity contribution in [3.63, 3.8) is 0 Å². The summed E-state index contributed by atoms with van der Waals surface area (Å²) in [6, 6.07) is 3.77. The number of H-pyrrole nitrogens is 1. The van der Waals surface area contributed by atoms with Crippen molar-refractivity contribution in [3.05, 3.63) is 29.5 Å². The lowest BCUT2D eigenvalue weighted by Crippen LogP contribution is -2.45. The lowest BCUT2D eigenvalue weighted by molar-refractivity contribution is -0.0766. The van der Waals surface area contributed by atoms with Crippen molar-refractivity contribution < 1.29 is 8.78 Å². The van der Waals surface area contributed by atoms with Gasteiger partial charge in [0.05, 0.1) is 24.2 Å². The average molecular weight is 265 g/mol. The van der Waals surface area contributed by atoms with Gasteiger partial charge in [-0.25, -0.2) is 8.78 Å². The van der Waals surface area contributed by atoms with Crippen LogP contribution in [0.4, 0.5) is 8.78 Å². The Bertz CT molecular complexity index is 606. The van der Waals surface area contributed by atoms with Gasteiger partial charge in [-0.15, -0.1) is 0 Å². The van der Waals surface area contributed by atoms with Gasteiger partial charge >= 0.3 is 0 Å². The molecule has 1 aromatic carbocycles. The van der Waals surface area contributed by atoms with Crippen LogP contribution in [0.3, 0.4) is 0 Å². The predicted octanol–water partition coefficient (Wildman–Crippen LogP) is 2.93. The zero-order valence-electron chi connectivity index (χ0n) is 11.1. The van der Waals surface area contributed by atoms with E-state index in [0.29, 0.717) is 13.0 Å². The van der Waals surface area contributed by atoms with Crippen LogP contribution >= 0.6 is 0 Å². The number of aromatic amines is 1. The van der Waals surface area contributed by atoms with E-state index in [4.69, 9.17) is 0 Å². The number of rotatable bonds is 1. The molecule has 0 saturated carbocycles. The van der Waals surface area contributed by atoms with E-state index in [1.54, 1.807) is 18.1 Å². The Hall–Kier alpha value is -1.49. The Labute approximate surface area is 110 Å². The number of likely N-dealkylation sites (tertiary alicyclic amines) is 1. The minimum Gasteiger partial charge on any atom is -0.301 e. The summed E-state index contributed by atoms with van der Waals surface area (Å²) in [6.07, 6.45) is 2.21. The first-order valence-electron chi connectivity index (χ1n) is 6.47. The van der Waals surface area contributed by atoms with Crippen LogP contribution in [0.1, 0.15) is 23.5 Å². The van der Waals surface area contributed by atoms with Crippen molar-refractivity contribution in [2.24, 2.45) is 0 Å². The van der Waals surface area contributed by atoms with Crippen molar-refractivity contribution >= 4 is 10.9 Å². The molecule has 1 fully saturated rings. The SMILES string of the molecule is Cc1cc2cn[nH]c2cc1C1CCN(C)CC1(F)F. The van der Waals surface area contributed by atoms with Gasteiger partial charge < -0.3 is 4.90 Å². The number of hydrogen-bond donors (Lipinski definition) is 1. The molecule has 102 valence electrons. The Kier molecular flexibility index (Phi) is 2.82. The molecular formula is C14H17F2N3. The summed E-state index contributed by atoms with van der Waals surface area (Å²) in [4.78, 5) is 1.70. The fourth-order valence-electron chi connectivity index (χ4n) is 2.99. The van der Waals surface area contributed by atoms with E-state index < -0.39 is 11.8 Å². The molecule has 0 radical (unpaired) electrons. The number of benzene rings is 1. The van der Waals surface area contributed by atoms with Gasteiger partial charge in [0.15, 0.2) is 0 Å². The summed E-state index contributed by atoms with van der Waals surface area (Å²) in [5.74, 6) is -3.37. The molecular weight excluding hydrogens is 248 g/mol. The summed E-state index contributed by atoms with van der Waals surface area (Å²) >= 11 is 0. The zero-order valence-corrected chi connectivity index (χ0v) is 11.1. The Morgan fingerprint density at radius 1 is 1.42 bits per heavy atom. The van der Waals surface area contributed by atoms with Crippen LogP contribution in [0.2, 0.25) is 0 Å². The van der Waals surface area contributed by atoms with Gasteiger partial charge in [0.2, 0.25) is 0 Å². The molecule has 19 heavy (non-hydrogen) atoms. The number of hydrogen-bond acceptors (Lipinski definition) is 2. The van der Waals surface area contributed by atoms with E-state index in [0.717, 1.165) is 22.0 Å². The molecule has 3 nitrogen and oxygen atoms in total. The quantitative estimate of drug-likeness (QED) is 0.859. The smallest absolute Gasteiger partial charge is 0.267 e. The fraction of sp³-hybridized carbons (Fsp3) is 0.500. The van der Waals surface area contributed by atoms with Crippen molar-refractivity contribution in [1.82, 2.24) is 15.1 Å². The monoisotopic (exact) mass is 265 g/mol. The van der Waals surface area contributed by atoms with Crippen molar-refractivity contribution in [3.8, 4) is 0 Å². The molecule has 1 atom stereocenters. The van der Waals surface area contributed by atoms with E-state index in [1.165, 1.54) is 0 Å². The standard InChI is InChI=1S/C14H17F2N3/c1-9-5-10-7-17-18-13(10)6-11(9)12-3-4-19(2)8-14(12,15)16/h5-7,12H,3-4,8H2,1-2H3,(H,17,18). The first kappa shape index (κ1) is 12.5. The minimum absolute atomic E-state index is 0.169. The molecule has 0 spiro atoms. The fourth-order valence-corrected chi connectivity index (χ4v) is 2.99. The molecule has 2 heterocycles. The largest absolute Gasteiger partial charge is 0.301 e. The predicted molar refractivity (Wildman–Crippen MR) is 70.6 cm³/mol. The summed E-state index contributed by atoms with van der Waals surface area (Å²) in [5, 5.41) is 7.78. The van der Waals surface area contributed by atoms with Crippen LogP contribution in [0.5, 0.6) is 0 Å². The Balaban J connectivity index is 2.05. The number of nitrogens with zero attached hydrogens (tertiary/aromatic N) is 2. The highest BCUT2D eigenvalue weighted by atomic mass is 19.3. The molecule has 0 bridgehead atoms. The second-order valence-corrected chi connectivity index (χ2v) is 5.51. The minimum atomic E-state index is -2.68. The van der Waals surface area contributed by atoms with Crippen molar-refractivity contribution in [1.29, 1.82) is 0 Å². The van der Waals surface area contributed by atoms with E-state index >= 15 is 0 Å². The second-order valence-electron chi connectivity index (χ2n) is 5.51. The van der Waals surface area contributed by atoms with E-state index in [-0.39, 0.29) is 6.54 Å². The van der Waals surface area contributed by atoms with Gasteiger partial charge in [-0.2, -0.15) is 5.10 Å². The maximum atomic E-state index is 14.2. The number of piperidine rings is 1. The maximum Gasteiger partial charge on any atom is 0.267 e. The van der Waals surface area contributed by atoms with E-state index in [2.05, 4.69) is 10.2 Å². The number of fused-ring (bicyclic) bond motifs is 1. The van der Waals surface area contributed by atoms with Gasteiger partial charge in [-0.1, -0.05) is 0 Å². The van der Waals surface area contributed by atoms with E-state index in [9.17, 15) is 8.78 Å².